The number of hydrogen-bond donors (Lipinski definition) is 2. The van der Waals surface area contributed by atoms with Crippen LogP contribution < -0.4 is 10.6 Å². The number of nitrogens with one attached hydrogen (secondary N) is 2. The average Bonchev–Trinajstić information content (AvgIpc) is 3.32. The molecule has 1 aliphatic rings. The Morgan fingerprint density at radius 1 is 1.24 bits per heavy atom. The fraction of sp³-hybridized carbons (Fsp3) is 0.474. The van der Waals surface area contributed by atoms with Crippen LogP contribution in [0.25, 0.3) is 0 Å². The Bertz CT molecular complexity index is 634. The van der Waals surface area contributed by atoms with Gasteiger partial charge in [0.25, 0.3) is 0 Å². The molecule has 0 radical (unpaired) electrons. The zero-order valence-corrected chi connectivity index (χ0v) is 14.5. The Morgan fingerprint density at radius 3 is 2.76 bits per heavy atom. The van der Waals surface area contributed by atoms with Gasteiger partial charge in [0.05, 0.1) is 12.7 Å². The molecule has 0 spiro atoms. The summed E-state index contributed by atoms with van der Waals surface area (Å²) < 4.78 is 7.75. The third-order valence-corrected chi connectivity index (χ3v) is 4.41. The van der Waals surface area contributed by atoms with Crippen LogP contribution in [0.4, 0.5) is 10.5 Å². The van der Waals surface area contributed by atoms with Crippen LogP contribution in [0, 0.1) is 0 Å². The van der Waals surface area contributed by atoms with E-state index >= 15 is 0 Å². The normalized spacial score (nSPS) is 14.6. The van der Waals surface area contributed by atoms with E-state index < -0.39 is 0 Å². The molecule has 0 atom stereocenters. The number of rotatable bonds is 8. The number of ether oxygens (including phenoxy) is 1. The van der Waals surface area contributed by atoms with Gasteiger partial charge in [-0.2, -0.15) is 5.10 Å². The Balaban J connectivity index is 1.33. The quantitative estimate of drug-likeness (QED) is 0.721. The van der Waals surface area contributed by atoms with Crippen molar-refractivity contribution in [1.29, 1.82) is 0 Å². The Hall–Kier alpha value is -2.34. The molecule has 2 amide bonds. The number of anilines is 1. The van der Waals surface area contributed by atoms with Crippen molar-refractivity contribution in [2.75, 3.05) is 11.9 Å². The highest BCUT2D eigenvalue weighted by atomic mass is 16.5. The fourth-order valence-corrected chi connectivity index (χ4v) is 3.00. The largest absolute Gasteiger partial charge is 0.374 e. The number of aromatic nitrogens is 2. The van der Waals surface area contributed by atoms with E-state index in [2.05, 4.69) is 15.7 Å². The van der Waals surface area contributed by atoms with Crippen molar-refractivity contribution in [2.45, 2.75) is 51.4 Å². The van der Waals surface area contributed by atoms with Gasteiger partial charge in [-0.15, -0.1) is 0 Å². The molecule has 1 aromatic carbocycles. The molecule has 3 rings (SSSR count). The van der Waals surface area contributed by atoms with E-state index in [1.54, 1.807) is 6.20 Å². The number of urea groups is 1. The third-order valence-electron chi connectivity index (χ3n) is 4.41. The standard InChI is InChI=1S/C19H26N4O2/c24-19(20-11-3-13-23-14-4-12-21-23)22-17-9-7-16(8-10-17)15-25-18-5-1-2-6-18/h4,7-10,12,14,18H,1-3,5-6,11,13,15H2,(H2,20,22,24). The lowest BCUT2D eigenvalue weighted by Gasteiger charge is -2.12. The first-order valence-corrected chi connectivity index (χ1v) is 9.02. The van der Waals surface area contributed by atoms with Crippen LogP contribution in [0.1, 0.15) is 37.7 Å². The van der Waals surface area contributed by atoms with Crippen LogP contribution in [-0.2, 0) is 17.9 Å². The van der Waals surface area contributed by atoms with Gasteiger partial charge in [-0.1, -0.05) is 25.0 Å². The lowest BCUT2D eigenvalue weighted by molar-refractivity contribution is 0.0457. The topological polar surface area (TPSA) is 68.2 Å². The van der Waals surface area contributed by atoms with Gasteiger partial charge in [-0.3, -0.25) is 4.68 Å². The maximum Gasteiger partial charge on any atom is 0.319 e. The summed E-state index contributed by atoms with van der Waals surface area (Å²) in [7, 11) is 0. The lowest BCUT2D eigenvalue weighted by atomic mass is 10.2. The van der Waals surface area contributed by atoms with Crippen molar-refractivity contribution in [2.24, 2.45) is 0 Å². The monoisotopic (exact) mass is 342 g/mol. The fourth-order valence-electron chi connectivity index (χ4n) is 3.00. The number of nitrogens with zero attached hydrogens (tertiary/aromatic N) is 2. The number of carbonyl (C=O) groups excluding carboxylic acids is 1. The number of amides is 2. The summed E-state index contributed by atoms with van der Waals surface area (Å²) in [5, 5.41) is 9.83. The molecule has 134 valence electrons. The van der Waals surface area contributed by atoms with Crippen molar-refractivity contribution in [3.63, 3.8) is 0 Å². The molecule has 1 aliphatic carbocycles. The first-order valence-electron chi connectivity index (χ1n) is 9.02. The summed E-state index contributed by atoms with van der Waals surface area (Å²) in [6.45, 7) is 2.05. The van der Waals surface area contributed by atoms with Crippen LogP contribution in [0.2, 0.25) is 0 Å². The van der Waals surface area contributed by atoms with E-state index in [9.17, 15) is 4.79 Å². The molecule has 6 heteroatoms. The maximum absolute atomic E-state index is 11.9. The summed E-state index contributed by atoms with van der Waals surface area (Å²) in [6.07, 6.45) is 9.85. The highest BCUT2D eigenvalue weighted by Gasteiger charge is 2.15. The second kappa shape index (κ2) is 9.22. The lowest BCUT2D eigenvalue weighted by Crippen LogP contribution is -2.30. The summed E-state index contributed by atoms with van der Waals surface area (Å²) in [6, 6.07) is 9.54. The van der Waals surface area contributed by atoms with Gasteiger partial charge in [0, 0.05) is 31.2 Å². The third kappa shape index (κ3) is 5.90. The minimum absolute atomic E-state index is 0.185. The molecule has 1 heterocycles. The van der Waals surface area contributed by atoms with Crippen molar-refractivity contribution < 1.29 is 9.53 Å². The minimum Gasteiger partial charge on any atom is -0.374 e. The van der Waals surface area contributed by atoms with Gasteiger partial charge >= 0.3 is 6.03 Å². The number of benzene rings is 1. The van der Waals surface area contributed by atoms with Crippen molar-refractivity contribution in [1.82, 2.24) is 15.1 Å². The highest BCUT2D eigenvalue weighted by Crippen LogP contribution is 2.22. The maximum atomic E-state index is 11.9. The van der Waals surface area contributed by atoms with Crippen LogP contribution in [0.3, 0.4) is 0 Å². The molecule has 1 saturated carbocycles. The van der Waals surface area contributed by atoms with Crippen LogP contribution in [0.15, 0.2) is 42.7 Å². The van der Waals surface area contributed by atoms with E-state index in [1.165, 1.54) is 25.7 Å². The second-order valence-corrected chi connectivity index (χ2v) is 6.42. The zero-order valence-electron chi connectivity index (χ0n) is 14.5. The van der Waals surface area contributed by atoms with E-state index in [0.717, 1.165) is 24.2 Å². The zero-order chi connectivity index (χ0) is 17.3. The van der Waals surface area contributed by atoms with Crippen LogP contribution in [0.5, 0.6) is 0 Å². The van der Waals surface area contributed by atoms with Gasteiger partial charge in [0.2, 0.25) is 0 Å². The van der Waals surface area contributed by atoms with Crippen LogP contribution >= 0.6 is 0 Å². The molecular formula is C19H26N4O2. The number of carbonyl (C=O) groups is 1. The summed E-state index contributed by atoms with van der Waals surface area (Å²) in [5.74, 6) is 0. The van der Waals surface area contributed by atoms with E-state index in [1.807, 2.05) is 41.2 Å². The van der Waals surface area contributed by atoms with E-state index in [4.69, 9.17) is 4.74 Å². The molecule has 6 nitrogen and oxygen atoms in total. The Labute approximate surface area is 148 Å². The van der Waals surface area contributed by atoms with Gasteiger partial charge in [0.15, 0.2) is 0 Å². The predicted octanol–water partition coefficient (Wildman–Crippen LogP) is 3.55. The SMILES string of the molecule is O=C(NCCCn1cccn1)Nc1ccc(COC2CCCC2)cc1. The Morgan fingerprint density at radius 2 is 2.04 bits per heavy atom. The van der Waals surface area contributed by atoms with E-state index in [0.29, 0.717) is 19.3 Å². The van der Waals surface area contributed by atoms with Gasteiger partial charge in [0.1, 0.15) is 0 Å². The molecule has 1 fully saturated rings. The number of aryl methyl sites for hydroxylation is 1. The van der Waals surface area contributed by atoms with E-state index in [-0.39, 0.29) is 6.03 Å². The second-order valence-electron chi connectivity index (χ2n) is 6.42. The molecule has 0 bridgehead atoms. The van der Waals surface area contributed by atoms with Gasteiger partial charge < -0.3 is 15.4 Å². The smallest absolute Gasteiger partial charge is 0.319 e. The minimum atomic E-state index is -0.185. The molecule has 1 aromatic heterocycles. The average molecular weight is 342 g/mol. The first kappa shape index (κ1) is 17.5. The Kier molecular flexibility index (Phi) is 6.45. The van der Waals surface area contributed by atoms with Gasteiger partial charge in [-0.05, 0) is 43.0 Å². The first-order chi connectivity index (χ1) is 12.3. The molecule has 0 unspecified atom stereocenters. The highest BCUT2D eigenvalue weighted by molar-refractivity contribution is 5.89. The molecule has 2 N–H and O–H groups in total. The summed E-state index contributed by atoms with van der Waals surface area (Å²) >= 11 is 0. The molecule has 0 saturated heterocycles. The number of hydrogen-bond acceptors (Lipinski definition) is 3. The van der Waals surface area contributed by atoms with Crippen LogP contribution in [-0.4, -0.2) is 28.5 Å². The summed E-state index contributed by atoms with van der Waals surface area (Å²) in [4.78, 5) is 11.9. The van der Waals surface area contributed by atoms with Crippen molar-refractivity contribution in [3.8, 4) is 0 Å². The van der Waals surface area contributed by atoms with Gasteiger partial charge in [-0.25, -0.2) is 4.79 Å². The van der Waals surface area contributed by atoms with Crippen molar-refractivity contribution >= 4 is 11.7 Å². The van der Waals surface area contributed by atoms with Crippen molar-refractivity contribution in [3.05, 3.63) is 48.3 Å². The predicted molar refractivity (Wildman–Crippen MR) is 97.4 cm³/mol. The molecule has 0 aliphatic heterocycles. The summed E-state index contributed by atoms with van der Waals surface area (Å²) in [5.41, 5.74) is 1.92. The molecular weight excluding hydrogens is 316 g/mol. The molecule has 25 heavy (non-hydrogen) atoms. The molecule has 2 aromatic rings.